The second-order valence-corrected chi connectivity index (χ2v) is 5.32. The third-order valence-corrected chi connectivity index (χ3v) is 3.80. The van der Waals surface area contributed by atoms with Crippen molar-refractivity contribution in [2.24, 2.45) is 5.92 Å². The van der Waals surface area contributed by atoms with Gasteiger partial charge in [-0.25, -0.2) is 0 Å². The van der Waals surface area contributed by atoms with Crippen LogP contribution in [0.3, 0.4) is 0 Å². The normalized spacial score (nSPS) is 17.2. The highest BCUT2D eigenvalue weighted by Crippen LogP contribution is 2.28. The molecular weight excluding hydrogens is 264 g/mol. The SMILES string of the molecule is COc1ccc(NC(=O)C2CCN(C)CC2)cc1Cl. The summed E-state index contributed by atoms with van der Waals surface area (Å²) in [6, 6.07) is 5.28. The molecule has 1 aliphatic rings. The average molecular weight is 283 g/mol. The number of rotatable bonds is 3. The minimum Gasteiger partial charge on any atom is -0.495 e. The summed E-state index contributed by atoms with van der Waals surface area (Å²) < 4.78 is 5.08. The maximum Gasteiger partial charge on any atom is 0.227 e. The maximum absolute atomic E-state index is 12.1. The number of benzene rings is 1. The molecule has 1 heterocycles. The van der Waals surface area contributed by atoms with Crippen molar-refractivity contribution in [2.75, 3.05) is 32.6 Å². The van der Waals surface area contributed by atoms with Gasteiger partial charge in [0.1, 0.15) is 5.75 Å². The summed E-state index contributed by atoms with van der Waals surface area (Å²) in [4.78, 5) is 14.4. The van der Waals surface area contributed by atoms with Crippen LogP contribution in [0.15, 0.2) is 18.2 Å². The number of nitrogens with zero attached hydrogens (tertiary/aromatic N) is 1. The van der Waals surface area contributed by atoms with Crippen molar-refractivity contribution in [1.82, 2.24) is 4.90 Å². The van der Waals surface area contributed by atoms with E-state index in [9.17, 15) is 4.79 Å². The Bertz CT molecular complexity index is 457. The van der Waals surface area contributed by atoms with Crippen molar-refractivity contribution < 1.29 is 9.53 Å². The molecule has 0 aromatic heterocycles. The molecule has 19 heavy (non-hydrogen) atoms. The minimum atomic E-state index is 0.0781. The Morgan fingerprint density at radius 1 is 1.42 bits per heavy atom. The molecule has 0 unspecified atom stereocenters. The first-order valence-corrected chi connectivity index (χ1v) is 6.81. The van der Waals surface area contributed by atoms with E-state index in [4.69, 9.17) is 16.3 Å². The molecular formula is C14H19ClN2O2. The van der Waals surface area contributed by atoms with Gasteiger partial charge in [0.15, 0.2) is 0 Å². The summed E-state index contributed by atoms with van der Waals surface area (Å²) in [5.41, 5.74) is 0.717. The number of piperidine rings is 1. The molecule has 4 nitrogen and oxygen atoms in total. The number of methoxy groups -OCH3 is 1. The van der Waals surface area contributed by atoms with E-state index in [1.165, 1.54) is 0 Å². The van der Waals surface area contributed by atoms with Crippen LogP contribution in [0.2, 0.25) is 5.02 Å². The van der Waals surface area contributed by atoms with Crippen LogP contribution in [0.1, 0.15) is 12.8 Å². The van der Waals surface area contributed by atoms with Crippen LogP contribution < -0.4 is 10.1 Å². The van der Waals surface area contributed by atoms with E-state index in [0.29, 0.717) is 10.8 Å². The summed E-state index contributed by atoms with van der Waals surface area (Å²) in [7, 11) is 3.65. The van der Waals surface area contributed by atoms with Crippen molar-refractivity contribution in [2.45, 2.75) is 12.8 Å². The minimum absolute atomic E-state index is 0.0781. The van der Waals surface area contributed by atoms with Gasteiger partial charge < -0.3 is 15.0 Å². The molecule has 2 rings (SSSR count). The van der Waals surface area contributed by atoms with Crippen molar-refractivity contribution in [3.8, 4) is 5.75 Å². The third kappa shape index (κ3) is 3.61. The molecule has 0 bridgehead atoms. The number of hydrogen-bond donors (Lipinski definition) is 1. The molecule has 104 valence electrons. The zero-order valence-corrected chi connectivity index (χ0v) is 12.0. The van der Waals surface area contributed by atoms with E-state index in [-0.39, 0.29) is 11.8 Å². The molecule has 0 saturated carbocycles. The first-order valence-electron chi connectivity index (χ1n) is 6.43. The molecule has 0 spiro atoms. The van der Waals surface area contributed by atoms with Crippen LogP contribution in [0, 0.1) is 5.92 Å². The smallest absolute Gasteiger partial charge is 0.227 e. The lowest BCUT2D eigenvalue weighted by atomic mass is 9.96. The van der Waals surface area contributed by atoms with Crippen LogP contribution in [0.4, 0.5) is 5.69 Å². The van der Waals surface area contributed by atoms with Gasteiger partial charge in [0.2, 0.25) is 5.91 Å². The van der Waals surface area contributed by atoms with E-state index in [0.717, 1.165) is 31.6 Å². The summed E-state index contributed by atoms with van der Waals surface area (Å²) >= 11 is 6.03. The van der Waals surface area contributed by atoms with E-state index >= 15 is 0 Å². The van der Waals surface area contributed by atoms with Gasteiger partial charge in [-0.1, -0.05) is 11.6 Å². The number of carbonyl (C=O) groups is 1. The highest BCUT2D eigenvalue weighted by atomic mass is 35.5. The van der Waals surface area contributed by atoms with Crippen molar-refractivity contribution in [3.05, 3.63) is 23.2 Å². The predicted molar refractivity (Wildman–Crippen MR) is 76.9 cm³/mol. The van der Waals surface area contributed by atoms with Crippen molar-refractivity contribution in [1.29, 1.82) is 0 Å². The molecule has 1 amide bonds. The second-order valence-electron chi connectivity index (χ2n) is 4.92. The van der Waals surface area contributed by atoms with Gasteiger partial charge in [0.05, 0.1) is 12.1 Å². The molecule has 0 radical (unpaired) electrons. The van der Waals surface area contributed by atoms with Crippen LogP contribution in [-0.4, -0.2) is 38.1 Å². The molecule has 0 aliphatic carbocycles. The van der Waals surface area contributed by atoms with Gasteiger partial charge in [0.25, 0.3) is 0 Å². The average Bonchev–Trinajstić information content (AvgIpc) is 2.39. The molecule has 1 aliphatic heterocycles. The molecule has 1 saturated heterocycles. The number of hydrogen-bond acceptors (Lipinski definition) is 3. The van der Waals surface area contributed by atoms with Crippen LogP contribution in [0.25, 0.3) is 0 Å². The molecule has 1 aromatic rings. The van der Waals surface area contributed by atoms with Gasteiger partial charge in [-0.2, -0.15) is 0 Å². The first-order chi connectivity index (χ1) is 9.10. The lowest BCUT2D eigenvalue weighted by Gasteiger charge is -2.28. The molecule has 1 aromatic carbocycles. The van der Waals surface area contributed by atoms with Crippen LogP contribution in [0.5, 0.6) is 5.75 Å². The second kappa shape index (κ2) is 6.26. The fourth-order valence-electron chi connectivity index (χ4n) is 2.26. The van der Waals surface area contributed by atoms with Gasteiger partial charge in [0, 0.05) is 11.6 Å². The standard InChI is InChI=1S/C14H19ClN2O2/c1-17-7-5-10(6-8-17)14(18)16-11-3-4-13(19-2)12(15)9-11/h3-4,9-10H,5-8H2,1-2H3,(H,16,18). The predicted octanol–water partition coefficient (Wildman–Crippen LogP) is 2.63. The van der Waals surface area contributed by atoms with Gasteiger partial charge in [-0.15, -0.1) is 0 Å². The lowest BCUT2D eigenvalue weighted by Crippen LogP contribution is -2.35. The maximum atomic E-state index is 12.1. The summed E-state index contributed by atoms with van der Waals surface area (Å²) in [5.74, 6) is 0.783. The number of amides is 1. The largest absolute Gasteiger partial charge is 0.495 e. The lowest BCUT2D eigenvalue weighted by molar-refractivity contribution is -0.121. The number of ether oxygens (including phenoxy) is 1. The molecule has 1 fully saturated rings. The Balaban J connectivity index is 1.97. The summed E-state index contributed by atoms with van der Waals surface area (Å²) in [6.45, 7) is 1.95. The zero-order chi connectivity index (χ0) is 13.8. The summed E-state index contributed by atoms with van der Waals surface area (Å²) in [5, 5.41) is 3.42. The Morgan fingerprint density at radius 3 is 2.68 bits per heavy atom. The van der Waals surface area contributed by atoms with E-state index in [1.807, 2.05) is 0 Å². The van der Waals surface area contributed by atoms with Gasteiger partial charge in [-0.05, 0) is 51.2 Å². The van der Waals surface area contributed by atoms with Gasteiger partial charge >= 0.3 is 0 Å². The van der Waals surface area contributed by atoms with E-state index in [2.05, 4.69) is 17.3 Å². The number of likely N-dealkylation sites (tertiary alicyclic amines) is 1. The molecule has 0 atom stereocenters. The van der Waals surface area contributed by atoms with Gasteiger partial charge in [-0.3, -0.25) is 4.79 Å². The molecule has 1 N–H and O–H groups in total. The summed E-state index contributed by atoms with van der Waals surface area (Å²) in [6.07, 6.45) is 1.82. The zero-order valence-electron chi connectivity index (χ0n) is 11.3. The number of anilines is 1. The Hall–Kier alpha value is -1.26. The topological polar surface area (TPSA) is 41.6 Å². The Labute approximate surface area is 118 Å². The highest BCUT2D eigenvalue weighted by Gasteiger charge is 2.23. The quantitative estimate of drug-likeness (QED) is 0.927. The van der Waals surface area contributed by atoms with Crippen LogP contribution in [-0.2, 0) is 4.79 Å². The number of carbonyl (C=O) groups excluding carboxylic acids is 1. The monoisotopic (exact) mass is 282 g/mol. The highest BCUT2D eigenvalue weighted by molar-refractivity contribution is 6.32. The number of halogens is 1. The van der Waals surface area contributed by atoms with Crippen molar-refractivity contribution >= 4 is 23.2 Å². The first kappa shape index (κ1) is 14.2. The Morgan fingerprint density at radius 2 is 2.11 bits per heavy atom. The molecule has 5 heteroatoms. The van der Waals surface area contributed by atoms with Crippen molar-refractivity contribution in [3.63, 3.8) is 0 Å². The fraction of sp³-hybridized carbons (Fsp3) is 0.500. The van der Waals surface area contributed by atoms with E-state index < -0.39 is 0 Å². The Kier molecular flexibility index (Phi) is 4.66. The third-order valence-electron chi connectivity index (χ3n) is 3.51. The van der Waals surface area contributed by atoms with Crippen LogP contribution >= 0.6 is 11.6 Å². The fourth-order valence-corrected chi connectivity index (χ4v) is 2.52. The number of nitrogens with one attached hydrogen (secondary N) is 1. The van der Waals surface area contributed by atoms with E-state index in [1.54, 1.807) is 25.3 Å².